The Morgan fingerprint density at radius 2 is 2.27 bits per heavy atom. The van der Waals surface area contributed by atoms with Crippen molar-refractivity contribution in [2.45, 2.75) is 25.5 Å². The quantitative estimate of drug-likeness (QED) is 0.537. The minimum atomic E-state index is 0.625. The largest absolute Gasteiger partial charge is 0.250 e. The van der Waals surface area contributed by atoms with Gasteiger partial charge in [0, 0.05) is 0 Å². The smallest absolute Gasteiger partial charge is 0.0710 e. The van der Waals surface area contributed by atoms with E-state index >= 15 is 0 Å². The summed E-state index contributed by atoms with van der Waals surface area (Å²) in [6.45, 7) is 4.26. The van der Waals surface area contributed by atoms with Gasteiger partial charge in [0.25, 0.3) is 0 Å². The summed E-state index contributed by atoms with van der Waals surface area (Å²) in [5.74, 6) is 0. The standard InChI is InChI=1S/C9H11NS/c1-6-3-4-8-9(5-6)11-7(2)10-8/h3-4,9H,5H2,1-2H3. The monoisotopic (exact) mass is 165 g/mol. The van der Waals surface area contributed by atoms with Crippen LogP contribution in [0.15, 0.2) is 28.4 Å². The highest BCUT2D eigenvalue weighted by molar-refractivity contribution is 8.14. The van der Waals surface area contributed by atoms with E-state index in [2.05, 4.69) is 31.0 Å². The summed E-state index contributed by atoms with van der Waals surface area (Å²) in [6, 6.07) is 0. The van der Waals surface area contributed by atoms with Gasteiger partial charge in [-0.2, -0.15) is 0 Å². The normalized spacial score (nSPS) is 28.9. The number of hydrogen-bond donors (Lipinski definition) is 0. The molecule has 0 N–H and O–H groups in total. The molecule has 1 nitrogen and oxygen atoms in total. The number of fused-ring (bicyclic) bond motifs is 1. The summed E-state index contributed by atoms with van der Waals surface area (Å²) in [7, 11) is 0. The van der Waals surface area contributed by atoms with Gasteiger partial charge in [0.15, 0.2) is 0 Å². The van der Waals surface area contributed by atoms with Crippen LogP contribution in [0.5, 0.6) is 0 Å². The highest BCUT2D eigenvalue weighted by Gasteiger charge is 2.24. The zero-order valence-corrected chi connectivity index (χ0v) is 7.61. The van der Waals surface area contributed by atoms with Gasteiger partial charge in [0.1, 0.15) is 0 Å². The van der Waals surface area contributed by atoms with Crippen LogP contribution in [-0.2, 0) is 0 Å². The molecule has 0 saturated carbocycles. The molecule has 2 aliphatic rings. The molecule has 11 heavy (non-hydrogen) atoms. The third-order valence-corrected chi connectivity index (χ3v) is 3.10. The average molecular weight is 165 g/mol. The lowest BCUT2D eigenvalue weighted by atomic mass is 10.0. The SMILES string of the molecule is CC1=CC=C2N=C(C)SC2C1. The Morgan fingerprint density at radius 1 is 1.45 bits per heavy atom. The molecule has 0 spiro atoms. The van der Waals surface area contributed by atoms with Gasteiger partial charge in [-0.1, -0.05) is 11.6 Å². The van der Waals surface area contributed by atoms with E-state index in [9.17, 15) is 0 Å². The molecule has 1 aliphatic heterocycles. The fourth-order valence-electron chi connectivity index (χ4n) is 1.43. The maximum absolute atomic E-state index is 4.44. The van der Waals surface area contributed by atoms with Gasteiger partial charge in [-0.3, -0.25) is 4.99 Å². The molecule has 0 aromatic heterocycles. The topological polar surface area (TPSA) is 12.4 Å². The molecule has 0 bridgehead atoms. The van der Waals surface area contributed by atoms with Crippen LogP contribution in [0.3, 0.4) is 0 Å². The zero-order valence-electron chi connectivity index (χ0n) is 6.79. The molecule has 1 aliphatic carbocycles. The molecule has 0 aromatic carbocycles. The van der Waals surface area contributed by atoms with Crippen molar-refractivity contribution in [3.63, 3.8) is 0 Å². The van der Waals surface area contributed by atoms with Crippen LogP contribution in [0.4, 0.5) is 0 Å². The summed E-state index contributed by atoms with van der Waals surface area (Å²) in [5, 5.41) is 1.84. The van der Waals surface area contributed by atoms with Crippen molar-refractivity contribution in [1.82, 2.24) is 0 Å². The van der Waals surface area contributed by atoms with Crippen LogP contribution >= 0.6 is 11.8 Å². The second-order valence-corrected chi connectivity index (χ2v) is 4.44. The lowest BCUT2D eigenvalue weighted by Gasteiger charge is -2.13. The average Bonchev–Trinajstić information content (AvgIpc) is 2.27. The molecule has 0 saturated heterocycles. The lowest BCUT2D eigenvalue weighted by Crippen LogP contribution is -2.04. The molecule has 58 valence electrons. The first-order valence-electron chi connectivity index (χ1n) is 3.85. The Morgan fingerprint density at radius 3 is 3.09 bits per heavy atom. The summed E-state index contributed by atoms with van der Waals surface area (Å²) in [5.41, 5.74) is 2.73. The first-order valence-corrected chi connectivity index (χ1v) is 4.73. The van der Waals surface area contributed by atoms with E-state index in [0.717, 1.165) is 0 Å². The van der Waals surface area contributed by atoms with Crippen molar-refractivity contribution in [1.29, 1.82) is 0 Å². The van der Waals surface area contributed by atoms with E-state index in [1.54, 1.807) is 0 Å². The van der Waals surface area contributed by atoms with Gasteiger partial charge in [0.05, 0.1) is 16.0 Å². The Bertz CT molecular complexity index is 273. The highest BCUT2D eigenvalue weighted by atomic mass is 32.2. The van der Waals surface area contributed by atoms with Crippen LogP contribution in [0.2, 0.25) is 0 Å². The molecule has 2 rings (SSSR count). The van der Waals surface area contributed by atoms with Crippen LogP contribution in [-0.4, -0.2) is 10.3 Å². The van der Waals surface area contributed by atoms with Gasteiger partial charge in [-0.05, 0) is 26.3 Å². The van der Waals surface area contributed by atoms with E-state index in [-0.39, 0.29) is 0 Å². The van der Waals surface area contributed by atoms with Crippen molar-refractivity contribution < 1.29 is 0 Å². The molecule has 0 radical (unpaired) electrons. The molecular formula is C9H11NS. The Hall–Kier alpha value is -0.500. The summed E-state index contributed by atoms with van der Waals surface area (Å²) >= 11 is 1.89. The molecule has 1 atom stereocenters. The number of thioether (sulfide) groups is 1. The summed E-state index contributed by atoms with van der Waals surface area (Å²) in [4.78, 5) is 4.44. The second kappa shape index (κ2) is 2.52. The first kappa shape index (κ1) is 7.17. The molecule has 0 fully saturated rings. The number of allylic oxidation sites excluding steroid dienone is 3. The Kier molecular flexibility index (Phi) is 1.64. The number of rotatable bonds is 0. The van der Waals surface area contributed by atoms with Gasteiger partial charge in [0.2, 0.25) is 0 Å². The van der Waals surface area contributed by atoms with Crippen LogP contribution in [0, 0.1) is 0 Å². The van der Waals surface area contributed by atoms with Crippen LogP contribution in [0.25, 0.3) is 0 Å². The van der Waals surface area contributed by atoms with Crippen molar-refractivity contribution >= 4 is 16.8 Å². The highest BCUT2D eigenvalue weighted by Crippen LogP contribution is 2.36. The Labute approximate surface area is 71.3 Å². The maximum atomic E-state index is 4.44. The molecule has 0 amide bonds. The second-order valence-electron chi connectivity index (χ2n) is 3.05. The van der Waals surface area contributed by atoms with Crippen LogP contribution in [0.1, 0.15) is 20.3 Å². The predicted octanol–water partition coefficient (Wildman–Crippen LogP) is 2.75. The van der Waals surface area contributed by atoms with Crippen LogP contribution < -0.4 is 0 Å². The van der Waals surface area contributed by atoms with Crippen molar-refractivity contribution in [2.75, 3.05) is 0 Å². The van der Waals surface area contributed by atoms with Gasteiger partial charge >= 0.3 is 0 Å². The van der Waals surface area contributed by atoms with Crippen molar-refractivity contribution in [2.24, 2.45) is 4.99 Å². The minimum absolute atomic E-state index is 0.625. The van der Waals surface area contributed by atoms with E-state index in [1.807, 2.05) is 11.8 Å². The molecular weight excluding hydrogens is 154 g/mol. The maximum Gasteiger partial charge on any atom is 0.0710 e. The third-order valence-electron chi connectivity index (χ3n) is 1.98. The van der Waals surface area contributed by atoms with E-state index < -0.39 is 0 Å². The predicted molar refractivity (Wildman–Crippen MR) is 50.9 cm³/mol. The van der Waals surface area contributed by atoms with E-state index in [4.69, 9.17) is 0 Å². The summed E-state index contributed by atoms with van der Waals surface area (Å²) < 4.78 is 0. The zero-order chi connectivity index (χ0) is 7.84. The number of nitrogens with zero attached hydrogens (tertiary/aromatic N) is 1. The first-order chi connectivity index (χ1) is 5.25. The fourth-order valence-corrected chi connectivity index (χ4v) is 2.59. The molecule has 1 heterocycles. The van der Waals surface area contributed by atoms with Gasteiger partial charge in [-0.25, -0.2) is 0 Å². The number of aliphatic imine (C=N–C) groups is 1. The van der Waals surface area contributed by atoms with Gasteiger partial charge in [-0.15, -0.1) is 11.8 Å². The fraction of sp³-hybridized carbons (Fsp3) is 0.444. The summed E-state index contributed by atoms with van der Waals surface area (Å²) in [6.07, 6.45) is 5.50. The Balaban J connectivity index is 2.29. The minimum Gasteiger partial charge on any atom is -0.250 e. The van der Waals surface area contributed by atoms with E-state index in [1.165, 1.54) is 22.7 Å². The lowest BCUT2D eigenvalue weighted by molar-refractivity contribution is 0.924. The van der Waals surface area contributed by atoms with Crippen molar-refractivity contribution in [3.8, 4) is 0 Å². The van der Waals surface area contributed by atoms with E-state index in [0.29, 0.717) is 5.25 Å². The molecule has 0 aromatic rings. The molecule has 1 unspecified atom stereocenters. The third kappa shape index (κ3) is 1.27. The van der Waals surface area contributed by atoms with Crippen molar-refractivity contribution in [3.05, 3.63) is 23.4 Å². The number of hydrogen-bond acceptors (Lipinski definition) is 2. The molecule has 2 heteroatoms. The van der Waals surface area contributed by atoms with Gasteiger partial charge < -0.3 is 0 Å².